The number of rotatable bonds is 9. The van der Waals surface area contributed by atoms with Gasteiger partial charge in [0, 0.05) is 19.5 Å². The lowest BCUT2D eigenvalue weighted by Crippen LogP contribution is -2.38. The van der Waals surface area contributed by atoms with Gasteiger partial charge in [-0.05, 0) is 43.7 Å². The zero-order chi connectivity index (χ0) is 17.9. The van der Waals surface area contributed by atoms with Gasteiger partial charge in [0.25, 0.3) is 0 Å². The summed E-state index contributed by atoms with van der Waals surface area (Å²) in [6.07, 6.45) is 2.50. The van der Waals surface area contributed by atoms with Crippen molar-refractivity contribution < 1.29 is 13.9 Å². The van der Waals surface area contributed by atoms with E-state index in [1.165, 1.54) is 0 Å². The molecule has 0 saturated heterocycles. The number of ether oxygens (including phenoxy) is 2. The van der Waals surface area contributed by atoms with Crippen LogP contribution in [0.3, 0.4) is 0 Å². The van der Waals surface area contributed by atoms with Crippen LogP contribution in [0.1, 0.15) is 25.2 Å². The molecule has 0 aliphatic heterocycles. The van der Waals surface area contributed by atoms with Crippen LogP contribution in [0.4, 0.5) is 0 Å². The molecule has 6 nitrogen and oxygen atoms in total. The molecule has 0 amide bonds. The zero-order valence-electron chi connectivity index (χ0n) is 15.2. The van der Waals surface area contributed by atoms with Gasteiger partial charge in [-0.2, -0.15) is 0 Å². The van der Waals surface area contributed by atoms with E-state index < -0.39 is 0 Å². The summed E-state index contributed by atoms with van der Waals surface area (Å²) in [6, 6.07) is 9.75. The van der Waals surface area contributed by atoms with E-state index in [4.69, 9.17) is 13.9 Å². The summed E-state index contributed by atoms with van der Waals surface area (Å²) in [4.78, 5) is 4.62. The fraction of sp³-hybridized carbons (Fsp3) is 0.421. The fourth-order valence-corrected chi connectivity index (χ4v) is 2.36. The number of nitrogens with zero attached hydrogens (tertiary/aromatic N) is 1. The second-order valence-electron chi connectivity index (χ2n) is 5.37. The minimum atomic E-state index is 0.554. The molecule has 0 bridgehead atoms. The molecule has 0 fully saturated rings. The highest BCUT2D eigenvalue weighted by Crippen LogP contribution is 2.28. The van der Waals surface area contributed by atoms with Crippen molar-refractivity contribution in [3.8, 4) is 11.5 Å². The number of guanidine groups is 1. The monoisotopic (exact) mass is 345 g/mol. The summed E-state index contributed by atoms with van der Waals surface area (Å²) >= 11 is 0. The average molecular weight is 345 g/mol. The van der Waals surface area contributed by atoms with E-state index in [9.17, 15) is 0 Å². The molecular weight excluding hydrogens is 318 g/mol. The molecule has 136 valence electrons. The Bertz CT molecular complexity index is 654. The first-order valence-electron chi connectivity index (χ1n) is 8.61. The third-order valence-corrected chi connectivity index (χ3v) is 3.54. The molecule has 0 atom stereocenters. The van der Waals surface area contributed by atoms with E-state index in [-0.39, 0.29) is 0 Å². The average Bonchev–Trinajstić information content (AvgIpc) is 3.14. The van der Waals surface area contributed by atoms with Crippen molar-refractivity contribution >= 4 is 5.96 Å². The van der Waals surface area contributed by atoms with Gasteiger partial charge in [0.1, 0.15) is 5.76 Å². The number of hydrogen-bond acceptors (Lipinski definition) is 4. The quantitative estimate of drug-likeness (QED) is 0.540. The van der Waals surface area contributed by atoms with Crippen LogP contribution in [0.2, 0.25) is 0 Å². The van der Waals surface area contributed by atoms with Gasteiger partial charge in [-0.1, -0.05) is 6.07 Å². The molecule has 2 N–H and O–H groups in total. The first kappa shape index (κ1) is 18.7. The molecule has 25 heavy (non-hydrogen) atoms. The highest BCUT2D eigenvalue weighted by Gasteiger charge is 2.05. The molecule has 2 rings (SSSR count). The van der Waals surface area contributed by atoms with Gasteiger partial charge in [0.15, 0.2) is 17.5 Å². The number of nitrogens with one attached hydrogen (secondary N) is 2. The van der Waals surface area contributed by atoms with Gasteiger partial charge >= 0.3 is 0 Å². The Labute approximate surface area is 149 Å². The molecule has 6 heteroatoms. The van der Waals surface area contributed by atoms with Gasteiger partial charge in [-0.15, -0.1) is 0 Å². The maximum absolute atomic E-state index is 5.54. The van der Waals surface area contributed by atoms with Crippen LogP contribution in [0.5, 0.6) is 11.5 Å². The van der Waals surface area contributed by atoms with Gasteiger partial charge in [0.2, 0.25) is 0 Å². The smallest absolute Gasteiger partial charge is 0.191 e. The molecule has 0 spiro atoms. The lowest BCUT2D eigenvalue weighted by molar-refractivity contribution is 0.310. The predicted octanol–water partition coefficient (Wildman–Crippen LogP) is 2.98. The van der Waals surface area contributed by atoms with Crippen molar-refractivity contribution in [3.05, 3.63) is 47.9 Å². The van der Waals surface area contributed by atoms with Gasteiger partial charge in [-0.3, -0.25) is 0 Å². The lowest BCUT2D eigenvalue weighted by atomic mass is 10.2. The molecule has 1 aromatic heterocycles. The lowest BCUT2D eigenvalue weighted by Gasteiger charge is -2.12. The number of methoxy groups -OCH3 is 1. The molecule has 1 heterocycles. The molecule has 2 aromatic rings. The van der Waals surface area contributed by atoms with E-state index in [1.54, 1.807) is 13.4 Å². The van der Waals surface area contributed by atoms with E-state index >= 15 is 0 Å². The predicted molar refractivity (Wildman–Crippen MR) is 99.4 cm³/mol. The zero-order valence-corrected chi connectivity index (χ0v) is 15.2. The van der Waals surface area contributed by atoms with Crippen LogP contribution in [0.15, 0.2) is 46.0 Å². The van der Waals surface area contributed by atoms with Crippen LogP contribution in [-0.4, -0.2) is 32.8 Å². The molecule has 0 radical (unpaired) electrons. The van der Waals surface area contributed by atoms with Gasteiger partial charge in [-0.25, -0.2) is 4.99 Å². The molecule has 0 saturated carbocycles. The van der Waals surface area contributed by atoms with Crippen molar-refractivity contribution in [2.75, 3.05) is 26.8 Å². The standard InChI is InChI=1S/C19H27N3O3/c1-4-20-19(21-11-10-16-7-6-12-25-16)22-14-15-8-9-17(24-5-2)18(13-15)23-3/h6-9,12-13H,4-5,10-11,14H2,1-3H3,(H2,20,21,22). The Morgan fingerprint density at radius 1 is 1.16 bits per heavy atom. The van der Waals surface area contributed by atoms with Crippen LogP contribution in [0.25, 0.3) is 0 Å². The minimum Gasteiger partial charge on any atom is -0.493 e. The van der Waals surface area contributed by atoms with E-state index in [2.05, 4.69) is 15.6 Å². The Morgan fingerprint density at radius 2 is 2.04 bits per heavy atom. The minimum absolute atomic E-state index is 0.554. The summed E-state index contributed by atoms with van der Waals surface area (Å²) in [6.45, 7) is 6.72. The van der Waals surface area contributed by atoms with Gasteiger partial charge < -0.3 is 24.5 Å². The maximum atomic E-state index is 5.54. The van der Waals surface area contributed by atoms with Crippen LogP contribution < -0.4 is 20.1 Å². The number of hydrogen-bond donors (Lipinski definition) is 2. The highest BCUT2D eigenvalue weighted by molar-refractivity contribution is 5.79. The number of benzene rings is 1. The van der Waals surface area contributed by atoms with Crippen LogP contribution in [-0.2, 0) is 13.0 Å². The second-order valence-corrected chi connectivity index (χ2v) is 5.37. The van der Waals surface area contributed by atoms with E-state index in [1.807, 2.05) is 44.2 Å². The van der Waals surface area contributed by atoms with Crippen molar-refractivity contribution in [2.24, 2.45) is 4.99 Å². The molecule has 0 aliphatic carbocycles. The van der Waals surface area contributed by atoms with Crippen molar-refractivity contribution in [1.82, 2.24) is 10.6 Å². The van der Waals surface area contributed by atoms with Gasteiger partial charge in [0.05, 0.1) is 26.5 Å². The number of aliphatic imine (C=N–C) groups is 1. The molecular formula is C19H27N3O3. The SMILES string of the molecule is CCNC(=NCc1ccc(OCC)c(OC)c1)NCCc1ccco1. The summed E-state index contributed by atoms with van der Waals surface area (Å²) < 4.78 is 16.3. The Morgan fingerprint density at radius 3 is 2.72 bits per heavy atom. The van der Waals surface area contributed by atoms with Crippen molar-refractivity contribution in [1.29, 1.82) is 0 Å². The molecule has 0 unspecified atom stereocenters. The molecule has 0 aliphatic rings. The highest BCUT2D eigenvalue weighted by atomic mass is 16.5. The summed E-state index contributed by atoms with van der Waals surface area (Å²) in [5.41, 5.74) is 1.06. The Balaban J connectivity index is 1.95. The van der Waals surface area contributed by atoms with E-state index in [0.717, 1.165) is 48.3 Å². The van der Waals surface area contributed by atoms with Crippen molar-refractivity contribution in [3.63, 3.8) is 0 Å². The normalized spacial score (nSPS) is 11.2. The topological polar surface area (TPSA) is 68.0 Å². The van der Waals surface area contributed by atoms with Crippen LogP contribution >= 0.6 is 0 Å². The largest absolute Gasteiger partial charge is 0.493 e. The van der Waals surface area contributed by atoms with E-state index in [0.29, 0.717) is 13.2 Å². The van der Waals surface area contributed by atoms with Crippen LogP contribution in [0, 0.1) is 0 Å². The first-order valence-corrected chi connectivity index (χ1v) is 8.61. The number of furan rings is 1. The molecule has 1 aromatic carbocycles. The third-order valence-electron chi connectivity index (χ3n) is 3.54. The first-order chi connectivity index (χ1) is 12.3. The summed E-state index contributed by atoms with van der Waals surface area (Å²) in [5.74, 6) is 3.22. The summed E-state index contributed by atoms with van der Waals surface area (Å²) in [5, 5.41) is 6.56. The second kappa shape index (κ2) is 10.3. The fourth-order valence-electron chi connectivity index (χ4n) is 2.36. The maximum Gasteiger partial charge on any atom is 0.191 e. The summed E-state index contributed by atoms with van der Waals surface area (Å²) in [7, 11) is 1.64. The third kappa shape index (κ3) is 6.06. The Hall–Kier alpha value is -2.63. The van der Waals surface area contributed by atoms with Crippen molar-refractivity contribution in [2.45, 2.75) is 26.8 Å². The Kier molecular flexibility index (Phi) is 7.69.